The number of hydrogen-bond acceptors (Lipinski definition) is 3. The van der Waals surface area contributed by atoms with Crippen molar-refractivity contribution >= 4 is 17.5 Å². The molecule has 0 radical (unpaired) electrons. The number of halogens is 4. The first kappa shape index (κ1) is 24.1. The minimum absolute atomic E-state index is 0.0191. The van der Waals surface area contributed by atoms with Crippen molar-refractivity contribution in [3.05, 3.63) is 86.9 Å². The lowest BCUT2D eigenvalue weighted by molar-refractivity contribution is -0.00257. The lowest BCUT2D eigenvalue weighted by Crippen LogP contribution is -2.35. The van der Waals surface area contributed by atoms with E-state index in [-0.39, 0.29) is 39.3 Å². The molecule has 0 unspecified atom stereocenters. The molecule has 0 saturated heterocycles. The van der Waals surface area contributed by atoms with Gasteiger partial charge >= 0.3 is 0 Å². The number of amides is 1. The Morgan fingerprint density at radius 1 is 1.15 bits per heavy atom. The van der Waals surface area contributed by atoms with Gasteiger partial charge in [0.15, 0.2) is 17.3 Å². The number of aromatic nitrogens is 1. The first-order chi connectivity index (χ1) is 16.1. The van der Waals surface area contributed by atoms with E-state index in [9.17, 15) is 18.0 Å². The average Bonchev–Trinajstić information content (AvgIpc) is 3.63. The summed E-state index contributed by atoms with van der Waals surface area (Å²) in [6, 6.07) is 9.18. The average molecular weight is 489 g/mol. The summed E-state index contributed by atoms with van der Waals surface area (Å²) in [5, 5.41) is 2.29. The molecule has 4 rings (SSSR count). The minimum Gasteiger partial charge on any atom is -0.452 e. The van der Waals surface area contributed by atoms with Crippen molar-refractivity contribution in [2.24, 2.45) is 0 Å². The molecule has 0 atom stereocenters. The Morgan fingerprint density at radius 3 is 2.56 bits per heavy atom. The molecule has 4 nitrogen and oxygen atoms in total. The van der Waals surface area contributed by atoms with Gasteiger partial charge in [-0.15, -0.1) is 0 Å². The largest absolute Gasteiger partial charge is 0.452 e. The number of nitrogens with zero attached hydrogens (tertiary/aromatic N) is 1. The van der Waals surface area contributed by atoms with Crippen LogP contribution in [0.4, 0.5) is 13.2 Å². The Hall–Kier alpha value is -3.06. The number of alkyl halides is 2. The number of ether oxygens (including phenoxy) is 1. The lowest BCUT2D eigenvalue weighted by Gasteiger charge is -2.20. The normalized spacial score (nSPS) is 13.6. The van der Waals surface area contributed by atoms with Crippen LogP contribution in [0.2, 0.25) is 5.15 Å². The summed E-state index contributed by atoms with van der Waals surface area (Å²) in [5.74, 6) is -4.61. The quantitative estimate of drug-likeness (QED) is 0.364. The van der Waals surface area contributed by atoms with Gasteiger partial charge in [-0.05, 0) is 68.4 Å². The summed E-state index contributed by atoms with van der Waals surface area (Å²) in [7, 11) is 0. The number of hydrogen-bond donors (Lipinski definition) is 1. The van der Waals surface area contributed by atoms with E-state index in [0.29, 0.717) is 5.56 Å². The van der Waals surface area contributed by atoms with E-state index in [1.165, 1.54) is 31.3 Å². The summed E-state index contributed by atoms with van der Waals surface area (Å²) in [6.07, 6.45) is 3.00. The zero-order chi connectivity index (χ0) is 24.6. The number of carbonyl (C=O) groups is 1. The van der Waals surface area contributed by atoms with Crippen molar-refractivity contribution in [1.29, 1.82) is 0 Å². The van der Waals surface area contributed by atoms with Gasteiger partial charge in [-0.25, -0.2) is 9.37 Å². The van der Waals surface area contributed by atoms with Crippen LogP contribution in [0.25, 0.3) is 0 Å². The van der Waals surface area contributed by atoms with Gasteiger partial charge in [0.2, 0.25) is 0 Å². The first-order valence-corrected chi connectivity index (χ1v) is 11.3. The third kappa shape index (κ3) is 4.89. The predicted octanol–water partition coefficient (Wildman–Crippen LogP) is 6.99. The summed E-state index contributed by atoms with van der Waals surface area (Å²) < 4.78 is 50.3. The maximum atomic E-state index is 14.9. The van der Waals surface area contributed by atoms with E-state index in [1.54, 1.807) is 25.1 Å². The third-order valence-corrected chi connectivity index (χ3v) is 6.46. The number of nitrogens with one attached hydrogen (secondary N) is 1. The highest BCUT2D eigenvalue weighted by Crippen LogP contribution is 2.43. The zero-order valence-corrected chi connectivity index (χ0v) is 19.8. The second-order valence-electron chi connectivity index (χ2n) is 8.64. The van der Waals surface area contributed by atoms with E-state index in [2.05, 4.69) is 10.3 Å². The summed E-state index contributed by atoms with van der Waals surface area (Å²) in [4.78, 5) is 17.0. The van der Waals surface area contributed by atoms with Crippen LogP contribution in [0, 0.1) is 26.6 Å². The van der Waals surface area contributed by atoms with Crippen molar-refractivity contribution in [2.45, 2.75) is 45.5 Å². The number of carbonyl (C=O) groups excluding carboxylic acids is 1. The molecule has 1 fully saturated rings. The minimum atomic E-state index is -3.30. The van der Waals surface area contributed by atoms with Gasteiger partial charge in [0, 0.05) is 11.1 Å². The lowest BCUT2D eigenvalue weighted by atomic mass is 10.0. The monoisotopic (exact) mass is 488 g/mol. The van der Waals surface area contributed by atoms with Crippen molar-refractivity contribution in [1.82, 2.24) is 10.3 Å². The van der Waals surface area contributed by atoms with E-state index < -0.39 is 24.2 Å². The van der Waals surface area contributed by atoms with Gasteiger partial charge in [0.25, 0.3) is 11.8 Å². The molecule has 2 aromatic carbocycles. The Balaban J connectivity index is 1.59. The molecule has 1 N–H and O–H groups in total. The second-order valence-corrected chi connectivity index (χ2v) is 8.99. The van der Waals surface area contributed by atoms with Crippen LogP contribution in [0.3, 0.4) is 0 Å². The molecule has 1 heterocycles. The fourth-order valence-corrected chi connectivity index (χ4v) is 3.85. The Labute approximate surface area is 201 Å². The van der Waals surface area contributed by atoms with Crippen LogP contribution in [0.5, 0.6) is 11.5 Å². The summed E-state index contributed by atoms with van der Waals surface area (Å²) >= 11 is 6.09. The number of benzene rings is 2. The van der Waals surface area contributed by atoms with Crippen LogP contribution >= 0.6 is 11.6 Å². The van der Waals surface area contributed by atoms with Gasteiger partial charge < -0.3 is 10.1 Å². The van der Waals surface area contributed by atoms with Crippen molar-refractivity contribution in [3.8, 4) is 11.5 Å². The van der Waals surface area contributed by atoms with Crippen LogP contribution in [-0.2, 0) is 5.92 Å². The molecule has 1 saturated carbocycles. The maximum Gasteiger partial charge on any atom is 0.290 e. The molecule has 1 amide bonds. The molecule has 34 heavy (non-hydrogen) atoms. The van der Waals surface area contributed by atoms with Crippen molar-refractivity contribution < 1.29 is 22.7 Å². The Bertz CT molecular complexity index is 1260. The summed E-state index contributed by atoms with van der Waals surface area (Å²) in [5.41, 5.74) is 2.14. The molecule has 0 bridgehead atoms. The van der Waals surface area contributed by atoms with E-state index >= 15 is 0 Å². The van der Waals surface area contributed by atoms with Crippen LogP contribution in [0.15, 0.2) is 42.6 Å². The van der Waals surface area contributed by atoms with E-state index in [1.807, 2.05) is 6.92 Å². The highest BCUT2D eigenvalue weighted by atomic mass is 35.5. The summed E-state index contributed by atoms with van der Waals surface area (Å²) in [6.45, 7) is 4.17. The second kappa shape index (κ2) is 9.29. The molecule has 1 aliphatic carbocycles. The van der Waals surface area contributed by atoms with E-state index in [4.69, 9.17) is 16.3 Å². The fraction of sp³-hybridized carbons (Fsp3) is 0.308. The molecule has 3 aromatic rings. The van der Waals surface area contributed by atoms with Gasteiger partial charge in [-0.3, -0.25) is 4.79 Å². The molecule has 0 aliphatic heterocycles. The zero-order valence-electron chi connectivity index (χ0n) is 19.0. The van der Waals surface area contributed by atoms with E-state index in [0.717, 1.165) is 24.0 Å². The molecule has 0 spiro atoms. The predicted molar refractivity (Wildman–Crippen MR) is 125 cm³/mol. The van der Waals surface area contributed by atoms with Crippen molar-refractivity contribution in [2.75, 3.05) is 6.54 Å². The smallest absolute Gasteiger partial charge is 0.290 e. The first-order valence-electron chi connectivity index (χ1n) is 10.9. The molecular formula is C26H24ClF3N2O2. The molecule has 8 heteroatoms. The van der Waals surface area contributed by atoms with Crippen LogP contribution in [0.1, 0.15) is 56.9 Å². The number of rotatable bonds is 7. The molecule has 178 valence electrons. The Morgan fingerprint density at radius 2 is 1.88 bits per heavy atom. The highest BCUT2D eigenvalue weighted by Gasteiger charge is 2.33. The van der Waals surface area contributed by atoms with Gasteiger partial charge in [0.1, 0.15) is 5.15 Å². The Kier molecular flexibility index (Phi) is 6.58. The van der Waals surface area contributed by atoms with Gasteiger partial charge in [-0.2, -0.15) is 8.78 Å². The van der Waals surface area contributed by atoms with Crippen LogP contribution in [-0.4, -0.2) is 17.4 Å². The SMILES string of the molecule is Cc1ccc(C(F)(F)CNC(=O)c2c(Oc3cccc(C4CC4)c3F)cnc(Cl)c2C)cc1C. The molecule has 1 aliphatic rings. The molecular weight excluding hydrogens is 465 g/mol. The highest BCUT2D eigenvalue weighted by molar-refractivity contribution is 6.30. The topological polar surface area (TPSA) is 51.2 Å². The van der Waals surface area contributed by atoms with Gasteiger partial charge in [-0.1, -0.05) is 35.9 Å². The van der Waals surface area contributed by atoms with Gasteiger partial charge in [0.05, 0.1) is 18.3 Å². The van der Waals surface area contributed by atoms with Crippen molar-refractivity contribution in [3.63, 3.8) is 0 Å². The number of aryl methyl sites for hydroxylation is 2. The number of pyridine rings is 1. The third-order valence-electron chi connectivity index (χ3n) is 6.08. The fourth-order valence-electron chi connectivity index (χ4n) is 3.71. The molecule has 1 aromatic heterocycles. The maximum absolute atomic E-state index is 14.9. The standard InChI is InChI=1S/C26H24ClF3N2O2/c1-14-7-10-18(11-15(14)2)26(29,30)13-32-25(33)22-16(3)24(27)31-12-21(22)34-20-6-4-5-19(23(20)28)17-8-9-17/h4-7,10-12,17H,8-9,13H2,1-3H3,(H,32,33). The van der Waals surface area contributed by atoms with Crippen LogP contribution < -0.4 is 10.1 Å².